The highest BCUT2D eigenvalue weighted by atomic mass is 15.2. The second-order valence-electron chi connectivity index (χ2n) is 6.18. The average Bonchev–Trinajstić information content (AvgIpc) is 2.42. The van der Waals surface area contributed by atoms with Crippen molar-refractivity contribution in [1.82, 2.24) is 4.90 Å². The van der Waals surface area contributed by atoms with Crippen LogP contribution in [-0.4, -0.2) is 24.0 Å². The van der Waals surface area contributed by atoms with Crippen LogP contribution in [0.4, 0.5) is 0 Å². The summed E-state index contributed by atoms with van der Waals surface area (Å²) in [5, 5.41) is 0. The number of piperidine rings is 1. The number of unbranched alkanes of at least 4 members (excludes halogenated alkanes) is 5. The van der Waals surface area contributed by atoms with Crippen LogP contribution >= 0.6 is 0 Å². The summed E-state index contributed by atoms with van der Waals surface area (Å²) in [7, 11) is 0. The summed E-state index contributed by atoms with van der Waals surface area (Å²) < 4.78 is 0. The molecule has 1 heteroatoms. The predicted molar refractivity (Wildman–Crippen MR) is 82.0 cm³/mol. The van der Waals surface area contributed by atoms with Crippen LogP contribution < -0.4 is 0 Å². The van der Waals surface area contributed by atoms with Crippen LogP contribution in [0.25, 0.3) is 0 Å². The Morgan fingerprint density at radius 3 is 2.22 bits per heavy atom. The molecule has 0 saturated carbocycles. The lowest BCUT2D eigenvalue weighted by Gasteiger charge is -2.39. The average molecular weight is 253 g/mol. The van der Waals surface area contributed by atoms with Gasteiger partial charge in [0.2, 0.25) is 0 Å². The molecule has 1 fully saturated rings. The molecule has 0 bridgehead atoms. The van der Waals surface area contributed by atoms with Crippen molar-refractivity contribution in [2.45, 2.75) is 91.0 Å². The Kier molecular flexibility index (Phi) is 8.75. The van der Waals surface area contributed by atoms with E-state index in [-0.39, 0.29) is 0 Å². The van der Waals surface area contributed by atoms with Gasteiger partial charge in [-0.2, -0.15) is 0 Å². The first kappa shape index (κ1) is 16.0. The van der Waals surface area contributed by atoms with E-state index in [0.29, 0.717) is 0 Å². The second kappa shape index (κ2) is 9.83. The summed E-state index contributed by atoms with van der Waals surface area (Å²) in [5.41, 5.74) is 0. The first-order valence-electron chi connectivity index (χ1n) is 8.55. The number of nitrogens with zero attached hydrogens (tertiary/aromatic N) is 1. The standard InChI is InChI=1S/C17H35N/c1-4-7-8-9-10-11-14-18-15-16(5-2)12-13-17(18)6-3/h16-17H,4-15H2,1-3H3. The van der Waals surface area contributed by atoms with Crippen LogP contribution in [0.15, 0.2) is 0 Å². The van der Waals surface area contributed by atoms with Crippen LogP contribution in [0.3, 0.4) is 0 Å². The summed E-state index contributed by atoms with van der Waals surface area (Å²) in [6.07, 6.45) is 14.2. The molecule has 1 aliphatic rings. The molecule has 0 radical (unpaired) electrons. The Balaban J connectivity index is 2.16. The third kappa shape index (κ3) is 5.73. The summed E-state index contributed by atoms with van der Waals surface area (Å²) in [5.74, 6) is 0.980. The van der Waals surface area contributed by atoms with E-state index in [2.05, 4.69) is 25.7 Å². The van der Waals surface area contributed by atoms with Crippen molar-refractivity contribution in [2.75, 3.05) is 13.1 Å². The van der Waals surface area contributed by atoms with E-state index in [1.807, 2.05) is 0 Å². The smallest absolute Gasteiger partial charge is 0.00928 e. The zero-order valence-electron chi connectivity index (χ0n) is 13.1. The van der Waals surface area contributed by atoms with E-state index in [0.717, 1.165) is 12.0 Å². The number of rotatable bonds is 9. The zero-order valence-corrected chi connectivity index (χ0v) is 13.1. The van der Waals surface area contributed by atoms with Gasteiger partial charge in [0.05, 0.1) is 0 Å². The van der Waals surface area contributed by atoms with Crippen LogP contribution in [0, 0.1) is 5.92 Å². The SMILES string of the molecule is CCCCCCCCN1CC(CC)CCC1CC. The third-order valence-electron chi connectivity index (χ3n) is 4.76. The van der Waals surface area contributed by atoms with Gasteiger partial charge in [-0.15, -0.1) is 0 Å². The topological polar surface area (TPSA) is 3.24 Å². The molecule has 0 aromatic carbocycles. The lowest BCUT2D eigenvalue weighted by molar-refractivity contribution is 0.100. The summed E-state index contributed by atoms with van der Waals surface area (Å²) in [6.45, 7) is 9.76. The van der Waals surface area contributed by atoms with Crippen molar-refractivity contribution < 1.29 is 0 Å². The molecular weight excluding hydrogens is 218 g/mol. The predicted octanol–water partition coefficient (Wildman–Crippen LogP) is 5.25. The van der Waals surface area contributed by atoms with Gasteiger partial charge in [0.1, 0.15) is 0 Å². The van der Waals surface area contributed by atoms with Gasteiger partial charge in [0.25, 0.3) is 0 Å². The van der Waals surface area contributed by atoms with Gasteiger partial charge in [-0.1, -0.05) is 59.3 Å². The van der Waals surface area contributed by atoms with E-state index in [4.69, 9.17) is 0 Å². The Morgan fingerprint density at radius 1 is 0.833 bits per heavy atom. The van der Waals surface area contributed by atoms with Crippen molar-refractivity contribution >= 4 is 0 Å². The van der Waals surface area contributed by atoms with Gasteiger partial charge in [-0.05, 0) is 38.1 Å². The fourth-order valence-electron chi connectivity index (χ4n) is 3.35. The number of likely N-dealkylation sites (tertiary alicyclic amines) is 1. The first-order chi connectivity index (χ1) is 8.81. The van der Waals surface area contributed by atoms with E-state index in [9.17, 15) is 0 Å². The van der Waals surface area contributed by atoms with Crippen molar-refractivity contribution in [3.8, 4) is 0 Å². The molecule has 0 aromatic rings. The highest BCUT2D eigenvalue weighted by Crippen LogP contribution is 2.26. The lowest BCUT2D eigenvalue weighted by atomic mass is 9.89. The minimum absolute atomic E-state index is 0.892. The molecule has 2 atom stereocenters. The van der Waals surface area contributed by atoms with E-state index < -0.39 is 0 Å². The van der Waals surface area contributed by atoms with Crippen LogP contribution in [-0.2, 0) is 0 Å². The molecule has 0 aromatic heterocycles. The molecule has 0 amide bonds. The van der Waals surface area contributed by atoms with Gasteiger partial charge in [-0.25, -0.2) is 0 Å². The lowest BCUT2D eigenvalue weighted by Crippen LogP contribution is -2.43. The second-order valence-corrected chi connectivity index (χ2v) is 6.18. The molecule has 0 N–H and O–H groups in total. The quantitative estimate of drug-likeness (QED) is 0.507. The highest BCUT2D eigenvalue weighted by molar-refractivity contribution is 4.80. The molecule has 0 aliphatic carbocycles. The van der Waals surface area contributed by atoms with Crippen molar-refractivity contribution in [3.63, 3.8) is 0 Å². The maximum Gasteiger partial charge on any atom is 0.00928 e. The van der Waals surface area contributed by atoms with Gasteiger partial charge >= 0.3 is 0 Å². The van der Waals surface area contributed by atoms with Crippen LogP contribution in [0.5, 0.6) is 0 Å². The van der Waals surface area contributed by atoms with E-state index >= 15 is 0 Å². The Morgan fingerprint density at radius 2 is 1.56 bits per heavy atom. The molecule has 1 heterocycles. The molecule has 1 saturated heterocycles. The normalized spacial score (nSPS) is 25.5. The minimum Gasteiger partial charge on any atom is -0.300 e. The molecule has 1 nitrogen and oxygen atoms in total. The third-order valence-corrected chi connectivity index (χ3v) is 4.76. The maximum atomic E-state index is 2.80. The van der Waals surface area contributed by atoms with Crippen molar-refractivity contribution in [3.05, 3.63) is 0 Å². The molecule has 108 valence electrons. The van der Waals surface area contributed by atoms with Crippen LogP contribution in [0.2, 0.25) is 0 Å². The zero-order chi connectivity index (χ0) is 13.2. The Bertz CT molecular complexity index is 190. The largest absolute Gasteiger partial charge is 0.300 e. The summed E-state index contributed by atoms with van der Waals surface area (Å²) in [4.78, 5) is 2.80. The Labute approximate surface area is 115 Å². The molecule has 2 unspecified atom stereocenters. The molecule has 1 rings (SSSR count). The summed E-state index contributed by atoms with van der Waals surface area (Å²) >= 11 is 0. The Hall–Kier alpha value is -0.0400. The fraction of sp³-hybridized carbons (Fsp3) is 1.00. The monoisotopic (exact) mass is 253 g/mol. The van der Waals surface area contributed by atoms with E-state index in [1.165, 1.54) is 77.3 Å². The maximum absolute atomic E-state index is 2.80. The highest BCUT2D eigenvalue weighted by Gasteiger charge is 2.25. The number of hydrogen-bond acceptors (Lipinski definition) is 1. The van der Waals surface area contributed by atoms with Gasteiger partial charge < -0.3 is 4.90 Å². The summed E-state index contributed by atoms with van der Waals surface area (Å²) in [6, 6.07) is 0.892. The molecule has 18 heavy (non-hydrogen) atoms. The van der Waals surface area contributed by atoms with E-state index in [1.54, 1.807) is 0 Å². The number of hydrogen-bond donors (Lipinski definition) is 0. The van der Waals surface area contributed by atoms with Gasteiger partial charge in [0.15, 0.2) is 0 Å². The van der Waals surface area contributed by atoms with Gasteiger partial charge in [0, 0.05) is 12.6 Å². The molecule has 1 aliphatic heterocycles. The molecular formula is C17H35N. The first-order valence-corrected chi connectivity index (χ1v) is 8.55. The van der Waals surface area contributed by atoms with Gasteiger partial charge in [-0.3, -0.25) is 0 Å². The molecule has 0 spiro atoms. The van der Waals surface area contributed by atoms with Crippen LogP contribution in [0.1, 0.15) is 85.0 Å². The fourth-order valence-corrected chi connectivity index (χ4v) is 3.35. The minimum atomic E-state index is 0.892. The van der Waals surface area contributed by atoms with Crippen molar-refractivity contribution in [1.29, 1.82) is 0 Å². The van der Waals surface area contributed by atoms with Crippen molar-refractivity contribution in [2.24, 2.45) is 5.92 Å².